The van der Waals surface area contributed by atoms with Crippen LogP contribution in [-0.2, 0) is 15.1 Å². The lowest BCUT2D eigenvalue weighted by molar-refractivity contribution is -0.136. The SMILES string of the molecule is O=C(CN1C(=O)N[C@@]2(CCOc3ccccc32)C1=O)NC1CCCCCC1. The van der Waals surface area contributed by atoms with Gasteiger partial charge in [0.1, 0.15) is 12.3 Å². The molecular formula is C20H25N3O4. The highest BCUT2D eigenvalue weighted by Crippen LogP contribution is 2.40. The number of benzene rings is 1. The molecule has 1 aromatic rings. The number of rotatable bonds is 3. The fourth-order valence-electron chi connectivity index (χ4n) is 4.36. The van der Waals surface area contributed by atoms with Crippen LogP contribution in [0.1, 0.15) is 50.5 Å². The first-order chi connectivity index (χ1) is 13.1. The Morgan fingerprint density at radius 3 is 2.70 bits per heavy atom. The van der Waals surface area contributed by atoms with E-state index in [0.717, 1.165) is 30.6 Å². The number of urea groups is 1. The highest BCUT2D eigenvalue weighted by atomic mass is 16.5. The van der Waals surface area contributed by atoms with Crippen molar-refractivity contribution in [2.45, 2.75) is 56.5 Å². The minimum atomic E-state index is -1.13. The molecule has 27 heavy (non-hydrogen) atoms. The van der Waals surface area contributed by atoms with E-state index in [4.69, 9.17) is 4.74 Å². The number of ether oxygens (including phenoxy) is 1. The van der Waals surface area contributed by atoms with Gasteiger partial charge in [0.2, 0.25) is 5.91 Å². The van der Waals surface area contributed by atoms with Crippen molar-refractivity contribution in [2.75, 3.05) is 13.2 Å². The molecule has 1 saturated heterocycles. The Labute approximate surface area is 158 Å². The Kier molecular flexibility index (Phi) is 4.76. The Morgan fingerprint density at radius 2 is 1.93 bits per heavy atom. The molecule has 2 N–H and O–H groups in total. The molecule has 7 nitrogen and oxygen atoms in total. The summed E-state index contributed by atoms with van der Waals surface area (Å²) in [6, 6.07) is 6.85. The average Bonchev–Trinajstić information content (AvgIpc) is 2.85. The Hall–Kier alpha value is -2.57. The number of amides is 4. The molecule has 4 rings (SSSR count). The van der Waals surface area contributed by atoms with E-state index in [1.807, 2.05) is 12.1 Å². The van der Waals surface area contributed by atoms with Gasteiger partial charge in [-0.25, -0.2) is 4.79 Å². The van der Waals surface area contributed by atoms with Crippen molar-refractivity contribution in [1.82, 2.24) is 15.5 Å². The van der Waals surface area contributed by atoms with E-state index >= 15 is 0 Å². The lowest BCUT2D eigenvalue weighted by Crippen LogP contribution is -2.48. The molecule has 7 heteroatoms. The number of carbonyl (C=O) groups excluding carboxylic acids is 3. The normalized spacial score (nSPS) is 25.6. The summed E-state index contributed by atoms with van der Waals surface area (Å²) in [6.07, 6.45) is 6.88. The van der Waals surface area contributed by atoms with Gasteiger partial charge in [-0.05, 0) is 18.9 Å². The smallest absolute Gasteiger partial charge is 0.325 e. The second-order valence-corrected chi connectivity index (χ2v) is 7.58. The van der Waals surface area contributed by atoms with Crippen molar-refractivity contribution in [3.05, 3.63) is 29.8 Å². The summed E-state index contributed by atoms with van der Waals surface area (Å²) < 4.78 is 5.62. The van der Waals surface area contributed by atoms with Gasteiger partial charge in [-0.15, -0.1) is 0 Å². The van der Waals surface area contributed by atoms with Crippen LogP contribution in [0.2, 0.25) is 0 Å². The quantitative estimate of drug-likeness (QED) is 0.629. The maximum atomic E-state index is 13.1. The van der Waals surface area contributed by atoms with Gasteiger partial charge in [0, 0.05) is 18.0 Å². The topological polar surface area (TPSA) is 87.7 Å². The molecule has 3 aliphatic rings. The van der Waals surface area contributed by atoms with Crippen LogP contribution in [0.15, 0.2) is 24.3 Å². The largest absolute Gasteiger partial charge is 0.493 e. The molecule has 0 radical (unpaired) electrons. The van der Waals surface area contributed by atoms with Gasteiger partial charge >= 0.3 is 6.03 Å². The van der Waals surface area contributed by atoms with E-state index in [9.17, 15) is 14.4 Å². The van der Waals surface area contributed by atoms with Gasteiger partial charge < -0.3 is 15.4 Å². The van der Waals surface area contributed by atoms with Crippen LogP contribution in [0.3, 0.4) is 0 Å². The molecule has 0 bridgehead atoms. The maximum absolute atomic E-state index is 13.1. The molecule has 4 amide bonds. The maximum Gasteiger partial charge on any atom is 0.325 e. The van der Waals surface area contributed by atoms with Crippen molar-refractivity contribution in [3.8, 4) is 5.75 Å². The molecule has 1 aromatic carbocycles. The number of hydrogen-bond acceptors (Lipinski definition) is 4. The second-order valence-electron chi connectivity index (χ2n) is 7.58. The predicted octanol–water partition coefficient (Wildman–Crippen LogP) is 2.06. The average molecular weight is 371 g/mol. The van der Waals surface area contributed by atoms with Crippen molar-refractivity contribution in [1.29, 1.82) is 0 Å². The van der Waals surface area contributed by atoms with Crippen LogP contribution < -0.4 is 15.4 Å². The summed E-state index contributed by atoms with van der Waals surface area (Å²) in [5.74, 6) is -0.0516. The molecule has 144 valence electrons. The molecule has 2 aliphatic heterocycles. The zero-order chi connectivity index (χ0) is 18.9. The number of carbonyl (C=O) groups is 3. The third-order valence-electron chi connectivity index (χ3n) is 5.78. The van der Waals surface area contributed by atoms with Gasteiger partial charge in [0.25, 0.3) is 5.91 Å². The summed E-state index contributed by atoms with van der Waals surface area (Å²) in [5.41, 5.74) is -0.476. The lowest BCUT2D eigenvalue weighted by atomic mass is 9.84. The number of imide groups is 1. The van der Waals surface area contributed by atoms with Crippen LogP contribution in [0.5, 0.6) is 5.75 Å². The molecule has 1 aliphatic carbocycles. The van der Waals surface area contributed by atoms with E-state index in [-0.39, 0.29) is 24.4 Å². The van der Waals surface area contributed by atoms with Gasteiger partial charge in [-0.1, -0.05) is 43.9 Å². The minimum absolute atomic E-state index is 0.138. The number of para-hydroxylation sites is 1. The molecule has 1 spiro atoms. The van der Waals surface area contributed by atoms with E-state index in [1.54, 1.807) is 12.1 Å². The molecule has 0 unspecified atom stereocenters. The molecule has 1 saturated carbocycles. The highest BCUT2D eigenvalue weighted by molar-refractivity contribution is 6.09. The lowest BCUT2D eigenvalue weighted by Gasteiger charge is -2.33. The van der Waals surface area contributed by atoms with Gasteiger partial charge in [0.05, 0.1) is 6.61 Å². The zero-order valence-corrected chi connectivity index (χ0v) is 15.3. The zero-order valence-electron chi connectivity index (χ0n) is 15.3. The van der Waals surface area contributed by atoms with Gasteiger partial charge in [-0.3, -0.25) is 14.5 Å². The monoisotopic (exact) mass is 371 g/mol. The van der Waals surface area contributed by atoms with Crippen LogP contribution in [-0.4, -0.2) is 41.9 Å². The Morgan fingerprint density at radius 1 is 1.19 bits per heavy atom. The van der Waals surface area contributed by atoms with Crippen LogP contribution in [0, 0.1) is 0 Å². The molecule has 0 aromatic heterocycles. The molecule has 1 atom stereocenters. The third-order valence-corrected chi connectivity index (χ3v) is 5.78. The van der Waals surface area contributed by atoms with E-state index in [2.05, 4.69) is 10.6 Å². The molecular weight excluding hydrogens is 346 g/mol. The van der Waals surface area contributed by atoms with Gasteiger partial charge in [-0.2, -0.15) is 0 Å². The summed E-state index contributed by atoms with van der Waals surface area (Å²) in [5, 5.41) is 5.82. The number of fused-ring (bicyclic) bond motifs is 2. The predicted molar refractivity (Wildman–Crippen MR) is 98.1 cm³/mol. The number of nitrogens with one attached hydrogen (secondary N) is 2. The van der Waals surface area contributed by atoms with Crippen LogP contribution in [0.4, 0.5) is 4.79 Å². The van der Waals surface area contributed by atoms with E-state index in [0.29, 0.717) is 24.3 Å². The third kappa shape index (κ3) is 3.26. The standard InChI is InChI=1S/C20H25N3O4/c24-17(21-14-7-3-1-2-4-8-14)13-23-18(25)20(22-19(23)26)11-12-27-16-10-6-5-9-15(16)20/h5-6,9-10,14H,1-4,7-8,11-13H2,(H,21,24)(H,22,26)/t20-/m1/s1. The first kappa shape index (κ1) is 17.8. The number of nitrogens with zero attached hydrogens (tertiary/aromatic N) is 1. The van der Waals surface area contributed by atoms with E-state index in [1.165, 1.54) is 12.8 Å². The second kappa shape index (κ2) is 7.21. The summed E-state index contributed by atoms with van der Waals surface area (Å²) in [7, 11) is 0. The first-order valence-corrected chi connectivity index (χ1v) is 9.76. The van der Waals surface area contributed by atoms with Crippen LogP contribution in [0.25, 0.3) is 0 Å². The van der Waals surface area contributed by atoms with Crippen molar-refractivity contribution < 1.29 is 19.1 Å². The summed E-state index contributed by atoms with van der Waals surface area (Å²) in [6.45, 7) is 0.0943. The van der Waals surface area contributed by atoms with Gasteiger partial charge in [0.15, 0.2) is 5.54 Å². The van der Waals surface area contributed by atoms with Crippen molar-refractivity contribution >= 4 is 17.8 Å². The molecule has 2 heterocycles. The van der Waals surface area contributed by atoms with Crippen molar-refractivity contribution in [2.24, 2.45) is 0 Å². The van der Waals surface area contributed by atoms with E-state index < -0.39 is 11.6 Å². The summed E-state index contributed by atoms with van der Waals surface area (Å²) in [4.78, 5) is 39.2. The first-order valence-electron chi connectivity index (χ1n) is 9.76. The van der Waals surface area contributed by atoms with Crippen LogP contribution >= 0.6 is 0 Å². The Bertz CT molecular complexity index is 757. The molecule has 2 fully saturated rings. The Balaban J connectivity index is 1.48. The fraction of sp³-hybridized carbons (Fsp3) is 0.550. The van der Waals surface area contributed by atoms with Crippen molar-refractivity contribution in [3.63, 3.8) is 0 Å². The number of hydrogen-bond donors (Lipinski definition) is 2. The summed E-state index contributed by atoms with van der Waals surface area (Å²) >= 11 is 0. The highest BCUT2D eigenvalue weighted by Gasteiger charge is 2.55. The minimum Gasteiger partial charge on any atom is -0.493 e. The fourth-order valence-corrected chi connectivity index (χ4v) is 4.36.